The molecule has 1 heteroatoms. The number of allylic oxidation sites excluding steroid dienone is 2. The molecule has 0 amide bonds. The van der Waals surface area contributed by atoms with Gasteiger partial charge in [0.1, 0.15) is 0 Å². The van der Waals surface area contributed by atoms with Crippen LogP contribution in [-0.2, 0) is 0 Å². The van der Waals surface area contributed by atoms with Crippen molar-refractivity contribution in [1.82, 2.24) is 0 Å². The molecule has 3 atom stereocenters. The van der Waals surface area contributed by atoms with Gasteiger partial charge in [-0.2, -0.15) is 5.26 Å². The van der Waals surface area contributed by atoms with Crippen molar-refractivity contribution < 1.29 is 0 Å². The van der Waals surface area contributed by atoms with Crippen LogP contribution in [0.4, 0.5) is 0 Å². The maximum atomic E-state index is 9.41. The Bertz CT molecular complexity index is 286. The lowest BCUT2D eigenvalue weighted by Crippen LogP contribution is -2.23. The molecule has 2 aliphatic rings. The number of hydrogen-bond donors (Lipinski definition) is 0. The molecule has 2 aliphatic carbocycles. The van der Waals surface area contributed by atoms with Gasteiger partial charge >= 0.3 is 0 Å². The third-order valence-corrected chi connectivity index (χ3v) is 4.21. The van der Waals surface area contributed by atoms with Gasteiger partial charge in [0.25, 0.3) is 0 Å². The smallest absolute Gasteiger partial charge is 0.0696 e. The van der Waals surface area contributed by atoms with E-state index in [1.807, 2.05) is 0 Å². The predicted molar refractivity (Wildman–Crippen MR) is 62.2 cm³/mol. The van der Waals surface area contributed by atoms with Crippen molar-refractivity contribution in [2.75, 3.05) is 0 Å². The van der Waals surface area contributed by atoms with Crippen molar-refractivity contribution in [1.29, 1.82) is 5.26 Å². The molecule has 0 aromatic heterocycles. The third kappa shape index (κ3) is 1.95. The fraction of sp³-hybridized carbons (Fsp3) is 0.786. The highest BCUT2D eigenvalue weighted by molar-refractivity contribution is 5.21. The zero-order chi connectivity index (χ0) is 10.7. The summed E-state index contributed by atoms with van der Waals surface area (Å²) in [7, 11) is 0. The molecule has 2 rings (SSSR count). The minimum Gasteiger partial charge on any atom is -0.198 e. The van der Waals surface area contributed by atoms with Crippen LogP contribution in [0.1, 0.15) is 51.9 Å². The molecule has 0 unspecified atom stereocenters. The first-order valence-electron chi connectivity index (χ1n) is 6.40. The summed E-state index contributed by atoms with van der Waals surface area (Å²) in [4.78, 5) is 0. The van der Waals surface area contributed by atoms with E-state index < -0.39 is 0 Å². The molecule has 2 bridgehead atoms. The average molecular weight is 203 g/mol. The number of unbranched alkanes of at least 4 members (excludes halogenated alkanes) is 3. The second kappa shape index (κ2) is 4.39. The minimum atomic E-state index is 0.0210. The van der Waals surface area contributed by atoms with Gasteiger partial charge in [-0.1, -0.05) is 44.8 Å². The van der Waals surface area contributed by atoms with Gasteiger partial charge in [0.05, 0.1) is 11.5 Å². The highest BCUT2D eigenvalue weighted by Crippen LogP contribution is 2.54. The van der Waals surface area contributed by atoms with E-state index in [-0.39, 0.29) is 5.41 Å². The predicted octanol–water partition coefficient (Wildman–Crippen LogP) is 4.06. The first-order chi connectivity index (χ1) is 7.30. The largest absolute Gasteiger partial charge is 0.198 e. The van der Waals surface area contributed by atoms with E-state index in [0.29, 0.717) is 5.92 Å². The van der Waals surface area contributed by atoms with Gasteiger partial charge in [0, 0.05) is 0 Å². The number of nitriles is 1. The zero-order valence-electron chi connectivity index (χ0n) is 9.71. The Morgan fingerprint density at radius 2 is 2.20 bits per heavy atom. The first-order valence-corrected chi connectivity index (χ1v) is 6.40. The molecular formula is C14H21N. The zero-order valence-corrected chi connectivity index (χ0v) is 9.71. The summed E-state index contributed by atoms with van der Waals surface area (Å²) in [6.45, 7) is 2.24. The molecule has 15 heavy (non-hydrogen) atoms. The quantitative estimate of drug-likeness (QED) is 0.488. The van der Waals surface area contributed by atoms with Crippen LogP contribution in [0.5, 0.6) is 0 Å². The van der Waals surface area contributed by atoms with Crippen LogP contribution in [0.3, 0.4) is 0 Å². The number of fused-ring (bicyclic) bond motifs is 2. The highest BCUT2D eigenvalue weighted by atomic mass is 14.5. The van der Waals surface area contributed by atoms with Gasteiger partial charge in [-0.05, 0) is 31.1 Å². The summed E-state index contributed by atoms with van der Waals surface area (Å²) in [6.07, 6.45) is 13.3. The van der Waals surface area contributed by atoms with Crippen molar-refractivity contribution in [2.45, 2.75) is 51.9 Å². The first kappa shape index (κ1) is 10.7. The topological polar surface area (TPSA) is 23.8 Å². The Hall–Kier alpha value is -0.770. The van der Waals surface area contributed by atoms with Crippen LogP contribution >= 0.6 is 0 Å². The van der Waals surface area contributed by atoms with E-state index in [0.717, 1.165) is 18.8 Å². The normalized spacial score (nSPS) is 37.1. The molecule has 82 valence electrons. The second-order valence-electron chi connectivity index (χ2n) is 5.27. The van der Waals surface area contributed by atoms with Gasteiger partial charge in [-0.15, -0.1) is 0 Å². The second-order valence-corrected chi connectivity index (χ2v) is 5.27. The van der Waals surface area contributed by atoms with Crippen molar-refractivity contribution >= 4 is 0 Å². The highest BCUT2D eigenvalue weighted by Gasteiger charge is 2.48. The Morgan fingerprint density at radius 3 is 2.73 bits per heavy atom. The van der Waals surface area contributed by atoms with E-state index in [2.05, 4.69) is 25.1 Å². The van der Waals surface area contributed by atoms with Gasteiger partial charge < -0.3 is 0 Å². The third-order valence-electron chi connectivity index (χ3n) is 4.21. The molecule has 0 aliphatic heterocycles. The maximum Gasteiger partial charge on any atom is 0.0696 e. The van der Waals surface area contributed by atoms with E-state index in [9.17, 15) is 5.26 Å². The lowest BCUT2D eigenvalue weighted by Gasteiger charge is -2.28. The summed E-state index contributed by atoms with van der Waals surface area (Å²) in [5.74, 6) is 1.30. The average Bonchev–Trinajstić information content (AvgIpc) is 2.85. The van der Waals surface area contributed by atoms with Crippen molar-refractivity contribution in [3.63, 3.8) is 0 Å². The van der Waals surface area contributed by atoms with Gasteiger partial charge in [-0.3, -0.25) is 0 Å². The van der Waals surface area contributed by atoms with Crippen LogP contribution in [0.2, 0.25) is 0 Å². The van der Waals surface area contributed by atoms with Crippen LogP contribution in [0.15, 0.2) is 12.2 Å². The minimum absolute atomic E-state index is 0.0210. The Morgan fingerprint density at radius 1 is 1.33 bits per heavy atom. The standard InChI is InChI=1S/C14H21N/c1-2-3-4-5-8-14(11-15)10-12-6-7-13(14)9-12/h6-7,12-13H,2-5,8-10H2,1H3/t12-,13-,14+/m0/s1. The van der Waals surface area contributed by atoms with Crippen LogP contribution in [0, 0.1) is 28.6 Å². The van der Waals surface area contributed by atoms with Crippen LogP contribution < -0.4 is 0 Å². The van der Waals surface area contributed by atoms with Gasteiger partial charge in [-0.25, -0.2) is 0 Å². The molecule has 1 saturated carbocycles. The van der Waals surface area contributed by atoms with E-state index in [1.165, 1.54) is 32.1 Å². The van der Waals surface area contributed by atoms with E-state index in [4.69, 9.17) is 0 Å². The van der Waals surface area contributed by atoms with E-state index in [1.54, 1.807) is 0 Å². The summed E-state index contributed by atoms with van der Waals surface area (Å²) in [6, 6.07) is 2.63. The molecular weight excluding hydrogens is 182 g/mol. The van der Waals surface area contributed by atoms with Crippen molar-refractivity contribution in [3.05, 3.63) is 12.2 Å². The summed E-state index contributed by atoms with van der Waals surface area (Å²) < 4.78 is 0. The molecule has 0 radical (unpaired) electrons. The SMILES string of the molecule is CCCCCC[C@]1(C#N)C[C@H]2C=C[C@H]1C2. The summed E-state index contributed by atoms with van der Waals surface area (Å²) in [5.41, 5.74) is 0.0210. The Kier molecular flexibility index (Phi) is 3.14. The molecule has 0 heterocycles. The molecule has 0 N–H and O–H groups in total. The van der Waals surface area contributed by atoms with Crippen LogP contribution in [-0.4, -0.2) is 0 Å². The number of nitrogens with zero attached hydrogens (tertiary/aromatic N) is 1. The molecule has 0 aromatic rings. The monoisotopic (exact) mass is 203 g/mol. The number of rotatable bonds is 5. The molecule has 1 nitrogen and oxygen atoms in total. The van der Waals surface area contributed by atoms with Gasteiger partial charge in [0.2, 0.25) is 0 Å². The molecule has 1 fully saturated rings. The molecule has 0 aromatic carbocycles. The lowest BCUT2D eigenvalue weighted by molar-refractivity contribution is 0.289. The fourth-order valence-corrected chi connectivity index (χ4v) is 3.29. The Labute approximate surface area is 93.2 Å². The summed E-state index contributed by atoms with van der Waals surface area (Å²) >= 11 is 0. The molecule has 0 saturated heterocycles. The Balaban J connectivity index is 1.88. The van der Waals surface area contributed by atoms with Crippen LogP contribution in [0.25, 0.3) is 0 Å². The summed E-state index contributed by atoms with van der Waals surface area (Å²) in [5, 5.41) is 9.41. The van der Waals surface area contributed by atoms with Crippen molar-refractivity contribution in [3.8, 4) is 6.07 Å². The van der Waals surface area contributed by atoms with Gasteiger partial charge in [0.15, 0.2) is 0 Å². The number of hydrogen-bond acceptors (Lipinski definition) is 1. The van der Waals surface area contributed by atoms with Crippen molar-refractivity contribution in [2.24, 2.45) is 17.3 Å². The maximum absolute atomic E-state index is 9.41. The van der Waals surface area contributed by atoms with E-state index >= 15 is 0 Å². The lowest BCUT2D eigenvalue weighted by atomic mass is 9.73. The fourth-order valence-electron chi connectivity index (χ4n) is 3.29. The molecule has 0 spiro atoms.